The SMILES string of the molecule is CC(C(=O)O)c1ccc(O)c(NC(=O)c2ccccc2Cl)c1. The van der Waals surface area contributed by atoms with Gasteiger partial charge < -0.3 is 15.5 Å². The summed E-state index contributed by atoms with van der Waals surface area (Å²) < 4.78 is 0. The van der Waals surface area contributed by atoms with Gasteiger partial charge in [-0.3, -0.25) is 9.59 Å². The largest absolute Gasteiger partial charge is 0.506 e. The molecule has 22 heavy (non-hydrogen) atoms. The minimum absolute atomic E-state index is 0.135. The highest BCUT2D eigenvalue weighted by Gasteiger charge is 2.17. The van der Waals surface area contributed by atoms with Crippen LogP contribution in [0.15, 0.2) is 42.5 Å². The van der Waals surface area contributed by atoms with E-state index in [-0.39, 0.29) is 22.0 Å². The maximum atomic E-state index is 12.2. The molecule has 1 amide bonds. The second-order valence-corrected chi connectivity index (χ2v) is 5.18. The molecule has 0 aromatic heterocycles. The molecule has 6 heteroatoms. The van der Waals surface area contributed by atoms with Gasteiger partial charge in [-0.15, -0.1) is 0 Å². The molecule has 0 bridgehead atoms. The summed E-state index contributed by atoms with van der Waals surface area (Å²) in [5.41, 5.74) is 0.871. The molecule has 1 unspecified atom stereocenters. The molecule has 0 fully saturated rings. The van der Waals surface area contributed by atoms with E-state index < -0.39 is 17.8 Å². The van der Waals surface area contributed by atoms with Crippen LogP contribution in [0.4, 0.5) is 5.69 Å². The highest BCUT2D eigenvalue weighted by Crippen LogP contribution is 2.29. The fourth-order valence-electron chi connectivity index (χ4n) is 1.90. The third-order valence-electron chi connectivity index (χ3n) is 3.26. The number of carbonyl (C=O) groups is 2. The van der Waals surface area contributed by atoms with Crippen LogP contribution in [0.2, 0.25) is 5.02 Å². The summed E-state index contributed by atoms with van der Waals surface area (Å²) in [6.07, 6.45) is 0. The summed E-state index contributed by atoms with van der Waals surface area (Å²) in [7, 11) is 0. The van der Waals surface area contributed by atoms with Gasteiger partial charge in [0.15, 0.2) is 0 Å². The number of halogens is 1. The van der Waals surface area contributed by atoms with E-state index >= 15 is 0 Å². The molecule has 0 radical (unpaired) electrons. The lowest BCUT2D eigenvalue weighted by Crippen LogP contribution is -2.13. The lowest BCUT2D eigenvalue weighted by Gasteiger charge is -2.12. The van der Waals surface area contributed by atoms with Crippen molar-refractivity contribution in [3.63, 3.8) is 0 Å². The number of rotatable bonds is 4. The van der Waals surface area contributed by atoms with E-state index in [1.54, 1.807) is 24.3 Å². The second kappa shape index (κ2) is 6.49. The molecule has 2 aromatic rings. The average Bonchev–Trinajstić information content (AvgIpc) is 2.49. The number of carboxylic acid groups (broad SMARTS) is 1. The van der Waals surface area contributed by atoms with Crippen LogP contribution in [0, 0.1) is 0 Å². The van der Waals surface area contributed by atoms with E-state index in [1.807, 2.05) is 0 Å². The van der Waals surface area contributed by atoms with Gasteiger partial charge in [0.05, 0.1) is 22.2 Å². The van der Waals surface area contributed by atoms with Crippen LogP contribution in [0.25, 0.3) is 0 Å². The molecule has 0 saturated carbocycles. The third kappa shape index (κ3) is 3.38. The van der Waals surface area contributed by atoms with Crippen LogP contribution in [0.1, 0.15) is 28.8 Å². The molecule has 0 aliphatic rings. The van der Waals surface area contributed by atoms with E-state index in [2.05, 4.69) is 5.32 Å². The fraction of sp³-hybridized carbons (Fsp3) is 0.125. The van der Waals surface area contributed by atoms with Crippen molar-refractivity contribution in [2.75, 3.05) is 5.32 Å². The number of hydrogen-bond acceptors (Lipinski definition) is 3. The molecule has 2 rings (SSSR count). The van der Waals surface area contributed by atoms with Gasteiger partial charge in [0, 0.05) is 0 Å². The van der Waals surface area contributed by atoms with Crippen LogP contribution < -0.4 is 5.32 Å². The predicted octanol–water partition coefficient (Wildman–Crippen LogP) is 3.49. The molecule has 0 aliphatic heterocycles. The van der Waals surface area contributed by atoms with Gasteiger partial charge in [-0.2, -0.15) is 0 Å². The average molecular weight is 320 g/mol. The van der Waals surface area contributed by atoms with Gasteiger partial charge in [0.1, 0.15) is 5.75 Å². The smallest absolute Gasteiger partial charge is 0.310 e. The maximum absolute atomic E-state index is 12.2. The Labute approximate surface area is 132 Å². The molecule has 0 heterocycles. The van der Waals surface area contributed by atoms with E-state index in [9.17, 15) is 14.7 Å². The van der Waals surface area contributed by atoms with Gasteiger partial charge in [-0.25, -0.2) is 0 Å². The Morgan fingerprint density at radius 1 is 1.18 bits per heavy atom. The molecule has 2 aromatic carbocycles. The van der Waals surface area contributed by atoms with Crippen molar-refractivity contribution in [2.24, 2.45) is 0 Å². The number of hydrogen-bond donors (Lipinski definition) is 3. The minimum atomic E-state index is -0.992. The van der Waals surface area contributed by atoms with Crippen molar-refractivity contribution < 1.29 is 19.8 Å². The monoisotopic (exact) mass is 319 g/mol. The summed E-state index contributed by atoms with van der Waals surface area (Å²) in [5.74, 6) is -2.38. The van der Waals surface area contributed by atoms with Crippen molar-refractivity contribution in [2.45, 2.75) is 12.8 Å². The lowest BCUT2D eigenvalue weighted by molar-refractivity contribution is -0.138. The predicted molar refractivity (Wildman–Crippen MR) is 83.6 cm³/mol. The number of benzene rings is 2. The molecule has 0 saturated heterocycles. The van der Waals surface area contributed by atoms with E-state index in [0.717, 1.165) is 0 Å². The summed E-state index contributed by atoms with van der Waals surface area (Å²) in [6.45, 7) is 1.52. The summed E-state index contributed by atoms with van der Waals surface area (Å²) in [5, 5.41) is 21.7. The number of phenols is 1. The van der Waals surface area contributed by atoms with Gasteiger partial charge >= 0.3 is 5.97 Å². The van der Waals surface area contributed by atoms with Crippen molar-refractivity contribution in [3.8, 4) is 5.75 Å². The number of nitrogens with one attached hydrogen (secondary N) is 1. The van der Waals surface area contributed by atoms with Gasteiger partial charge in [0.2, 0.25) is 0 Å². The Morgan fingerprint density at radius 3 is 2.50 bits per heavy atom. The Morgan fingerprint density at radius 2 is 1.86 bits per heavy atom. The number of carbonyl (C=O) groups excluding carboxylic acids is 1. The van der Waals surface area contributed by atoms with Crippen molar-refractivity contribution in [1.82, 2.24) is 0 Å². The molecule has 114 valence electrons. The Hall–Kier alpha value is -2.53. The zero-order valence-electron chi connectivity index (χ0n) is 11.7. The van der Waals surface area contributed by atoms with Crippen LogP contribution >= 0.6 is 11.6 Å². The van der Waals surface area contributed by atoms with Gasteiger partial charge in [-0.1, -0.05) is 29.8 Å². The van der Waals surface area contributed by atoms with Crippen LogP contribution in [-0.4, -0.2) is 22.1 Å². The van der Waals surface area contributed by atoms with E-state index in [4.69, 9.17) is 16.7 Å². The van der Waals surface area contributed by atoms with E-state index in [0.29, 0.717) is 5.56 Å². The third-order valence-corrected chi connectivity index (χ3v) is 3.59. The Kier molecular flexibility index (Phi) is 4.68. The second-order valence-electron chi connectivity index (χ2n) is 4.77. The molecule has 1 atom stereocenters. The standard InChI is InChI=1S/C16H14ClNO4/c1-9(16(21)22)10-6-7-14(19)13(8-10)18-15(20)11-4-2-3-5-12(11)17/h2-9,19H,1H3,(H,18,20)(H,21,22). The first-order valence-corrected chi connectivity index (χ1v) is 6.89. The zero-order valence-corrected chi connectivity index (χ0v) is 12.5. The lowest BCUT2D eigenvalue weighted by atomic mass is 10.0. The fourth-order valence-corrected chi connectivity index (χ4v) is 2.12. The summed E-state index contributed by atoms with van der Waals surface area (Å²) >= 11 is 5.95. The quantitative estimate of drug-likeness (QED) is 0.753. The number of aliphatic carboxylic acids is 1. The Balaban J connectivity index is 2.29. The number of aromatic hydroxyl groups is 1. The summed E-state index contributed by atoms with van der Waals surface area (Å²) in [4.78, 5) is 23.2. The minimum Gasteiger partial charge on any atom is -0.506 e. The van der Waals surface area contributed by atoms with E-state index in [1.165, 1.54) is 25.1 Å². The molecule has 0 aliphatic carbocycles. The van der Waals surface area contributed by atoms with Crippen LogP contribution in [0.3, 0.4) is 0 Å². The first kappa shape index (κ1) is 15.9. The molecule has 5 nitrogen and oxygen atoms in total. The number of anilines is 1. The van der Waals surface area contributed by atoms with Crippen molar-refractivity contribution >= 4 is 29.2 Å². The van der Waals surface area contributed by atoms with Gasteiger partial charge in [0.25, 0.3) is 5.91 Å². The first-order valence-electron chi connectivity index (χ1n) is 6.51. The summed E-state index contributed by atoms with van der Waals surface area (Å²) in [6, 6.07) is 10.8. The zero-order chi connectivity index (χ0) is 16.3. The molecule has 3 N–H and O–H groups in total. The molecular weight excluding hydrogens is 306 g/mol. The van der Waals surface area contributed by atoms with Gasteiger partial charge in [-0.05, 0) is 36.8 Å². The first-order chi connectivity index (χ1) is 10.4. The normalized spacial score (nSPS) is 11.7. The Bertz CT molecular complexity index is 730. The number of phenolic OH excluding ortho intramolecular Hbond substituents is 1. The highest BCUT2D eigenvalue weighted by molar-refractivity contribution is 6.34. The van der Waals surface area contributed by atoms with Crippen molar-refractivity contribution in [3.05, 3.63) is 58.6 Å². The van der Waals surface area contributed by atoms with Crippen LogP contribution in [0.5, 0.6) is 5.75 Å². The maximum Gasteiger partial charge on any atom is 0.310 e. The molecule has 0 spiro atoms. The van der Waals surface area contributed by atoms with Crippen LogP contribution in [-0.2, 0) is 4.79 Å². The topological polar surface area (TPSA) is 86.6 Å². The highest BCUT2D eigenvalue weighted by atomic mass is 35.5. The molecular formula is C16H14ClNO4. The number of carboxylic acids is 1. The number of amides is 1. The van der Waals surface area contributed by atoms with Crippen molar-refractivity contribution in [1.29, 1.82) is 0 Å².